The number of hydrogen-bond donors (Lipinski definition) is 1. The third-order valence-electron chi connectivity index (χ3n) is 4.32. The fourth-order valence-corrected chi connectivity index (χ4v) is 3.19. The molecular weight excluding hydrogens is 354 g/mol. The molecule has 0 aliphatic carbocycles. The summed E-state index contributed by atoms with van der Waals surface area (Å²) in [6, 6.07) is 11.7. The van der Waals surface area contributed by atoms with E-state index >= 15 is 0 Å². The van der Waals surface area contributed by atoms with Gasteiger partial charge in [0.1, 0.15) is 5.52 Å². The van der Waals surface area contributed by atoms with Gasteiger partial charge in [0, 0.05) is 16.7 Å². The van der Waals surface area contributed by atoms with E-state index in [0.717, 1.165) is 10.9 Å². The van der Waals surface area contributed by atoms with Crippen molar-refractivity contribution in [1.29, 1.82) is 0 Å². The van der Waals surface area contributed by atoms with Gasteiger partial charge in [-0.1, -0.05) is 17.7 Å². The Hall–Kier alpha value is -3.05. The average molecular weight is 368 g/mol. The third kappa shape index (κ3) is 2.48. The van der Waals surface area contributed by atoms with E-state index in [4.69, 9.17) is 20.8 Å². The summed E-state index contributed by atoms with van der Waals surface area (Å²) in [7, 11) is 1.53. The van der Waals surface area contributed by atoms with Crippen LogP contribution in [0.2, 0.25) is 5.02 Å². The van der Waals surface area contributed by atoms with Crippen LogP contribution in [-0.4, -0.2) is 17.2 Å². The zero-order valence-corrected chi connectivity index (χ0v) is 14.8. The number of aliphatic hydroxyl groups excluding tert-OH is 1. The van der Waals surface area contributed by atoms with Crippen LogP contribution in [0.1, 0.15) is 11.1 Å². The van der Waals surface area contributed by atoms with Crippen LogP contribution in [0.4, 0.5) is 0 Å². The van der Waals surface area contributed by atoms with Crippen LogP contribution in [0.25, 0.3) is 27.6 Å². The maximum Gasteiger partial charge on any atom is 0.270 e. The molecule has 0 atom stereocenters. The first-order valence-corrected chi connectivity index (χ1v) is 8.27. The molecule has 2 aromatic carbocycles. The molecule has 0 bridgehead atoms. The quantitative estimate of drug-likeness (QED) is 0.584. The Labute approximate surface area is 153 Å². The molecule has 0 aliphatic heterocycles. The predicted octanol–water partition coefficient (Wildman–Crippen LogP) is 3.75. The first-order valence-electron chi connectivity index (χ1n) is 7.89. The average Bonchev–Trinajstić information content (AvgIpc) is 2.93. The number of nitrogens with zero attached hydrogens (tertiary/aromatic N) is 1. The van der Waals surface area contributed by atoms with Gasteiger partial charge in [-0.25, -0.2) is 4.98 Å². The molecule has 26 heavy (non-hydrogen) atoms. The van der Waals surface area contributed by atoms with Gasteiger partial charge in [-0.2, -0.15) is 0 Å². The van der Waals surface area contributed by atoms with Crippen molar-refractivity contribution in [3.8, 4) is 5.75 Å². The van der Waals surface area contributed by atoms with Gasteiger partial charge in [0.2, 0.25) is 0 Å². The third-order valence-corrected chi connectivity index (χ3v) is 4.57. The number of aromatic nitrogens is 1. The van der Waals surface area contributed by atoms with E-state index in [1.807, 2.05) is 13.0 Å². The summed E-state index contributed by atoms with van der Waals surface area (Å²) in [6.07, 6.45) is 0. The number of halogens is 1. The summed E-state index contributed by atoms with van der Waals surface area (Å²) >= 11 is 5.91. The highest BCUT2D eigenvalue weighted by atomic mass is 35.5. The lowest BCUT2D eigenvalue weighted by atomic mass is 10.1. The largest absolute Gasteiger partial charge is 0.504 e. The maximum absolute atomic E-state index is 12.2. The van der Waals surface area contributed by atoms with Crippen LogP contribution < -0.4 is 15.7 Å². The Kier molecular flexibility index (Phi) is 3.81. The monoisotopic (exact) mass is 367 g/mol. The van der Waals surface area contributed by atoms with Gasteiger partial charge in [0.05, 0.1) is 12.5 Å². The maximum atomic E-state index is 12.2. The summed E-state index contributed by atoms with van der Waals surface area (Å²) in [5, 5.41) is 12.8. The van der Waals surface area contributed by atoms with Crippen molar-refractivity contribution in [3.05, 3.63) is 74.4 Å². The summed E-state index contributed by atoms with van der Waals surface area (Å²) in [4.78, 5) is 16.3. The first kappa shape index (κ1) is 16.4. The molecule has 1 N–H and O–H groups in total. The second kappa shape index (κ2) is 6.04. The second-order valence-corrected chi connectivity index (χ2v) is 6.37. The fraction of sp³-hybridized carbons (Fsp3) is 0.100. The highest BCUT2D eigenvalue weighted by molar-refractivity contribution is 6.30. The fourth-order valence-electron chi connectivity index (χ4n) is 3.06. The van der Waals surface area contributed by atoms with Crippen molar-refractivity contribution in [3.63, 3.8) is 0 Å². The summed E-state index contributed by atoms with van der Waals surface area (Å²) in [6.45, 7) is 1.83. The van der Waals surface area contributed by atoms with Gasteiger partial charge in [0.25, 0.3) is 5.56 Å². The van der Waals surface area contributed by atoms with E-state index in [9.17, 15) is 9.90 Å². The molecule has 0 unspecified atom stereocenters. The Balaban J connectivity index is 2.25. The van der Waals surface area contributed by atoms with Gasteiger partial charge in [-0.15, -0.1) is 0 Å². The topological polar surface area (TPSA) is 72.6 Å². The predicted molar refractivity (Wildman–Crippen MR) is 101 cm³/mol. The van der Waals surface area contributed by atoms with Crippen molar-refractivity contribution >= 4 is 39.2 Å². The Morgan fingerprint density at radius 3 is 2.62 bits per heavy atom. The van der Waals surface area contributed by atoms with Crippen LogP contribution in [-0.2, 0) is 0 Å². The van der Waals surface area contributed by atoms with Crippen LogP contribution in [0.15, 0.2) is 51.7 Å². The zero-order valence-electron chi connectivity index (χ0n) is 14.0. The summed E-state index contributed by atoms with van der Waals surface area (Å²) < 4.78 is 11.3. The van der Waals surface area contributed by atoms with Crippen molar-refractivity contribution in [2.45, 2.75) is 6.92 Å². The number of benzene rings is 2. The molecule has 4 rings (SSSR count). The van der Waals surface area contributed by atoms with Gasteiger partial charge in [0.15, 0.2) is 22.5 Å². The lowest BCUT2D eigenvalue weighted by Crippen LogP contribution is -2.09. The number of aryl methyl sites for hydroxylation is 1. The van der Waals surface area contributed by atoms with Gasteiger partial charge >= 0.3 is 0 Å². The molecule has 0 saturated carbocycles. The minimum Gasteiger partial charge on any atom is -0.504 e. The molecule has 6 heteroatoms. The number of hydrogen-bond acceptors (Lipinski definition) is 5. The minimum absolute atomic E-state index is 0.115. The van der Waals surface area contributed by atoms with Crippen molar-refractivity contribution in [2.75, 3.05) is 7.11 Å². The van der Waals surface area contributed by atoms with Gasteiger partial charge in [-0.3, -0.25) is 4.79 Å². The molecule has 0 radical (unpaired) electrons. The van der Waals surface area contributed by atoms with Gasteiger partial charge < -0.3 is 14.3 Å². The number of ether oxygens (including phenoxy) is 1. The van der Waals surface area contributed by atoms with E-state index in [-0.39, 0.29) is 11.2 Å². The van der Waals surface area contributed by atoms with E-state index < -0.39 is 5.56 Å². The first-order chi connectivity index (χ1) is 12.5. The van der Waals surface area contributed by atoms with Crippen LogP contribution in [0, 0.1) is 6.92 Å². The standard InChI is InChI=1S/C20H14ClNO4/c1-10-9-15(23)22-17-16-13(10)7-8-14(25-2)19(16)26-20(17)18(24)11-3-5-12(21)6-4-11/h3-9,24H,1-2H3/b20-18-. The Bertz CT molecular complexity index is 1260. The number of aliphatic hydroxyl groups is 1. The molecule has 130 valence electrons. The lowest BCUT2D eigenvalue weighted by Gasteiger charge is -2.01. The zero-order chi connectivity index (χ0) is 18.4. The van der Waals surface area contributed by atoms with Crippen LogP contribution >= 0.6 is 11.6 Å². The Morgan fingerprint density at radius 2 is 1.92 bits per heavy atom. The van der Waals surface area contributed by atoms with Crippen molar-refractivity contribution in [2.24, 2.45) is 0 Å². The number of methoxy groups -OCH3 is 1. The number of rotatable bonds is 2. The van der Waals surface area contributed by atoms with E-state index in [1.54, 1.807) is 30.3 Å². The summed E-state index contributed by atoms with van der Waals surface area (Å²) in [5.74, 6) is 0.370. The van der Waals surface area contributed by atoms with E-state index in [2.05, 4.69) is 4.98 Å². The SMILES string of the molecule is COc1ccc2c(C)cc(=O)nc3/c(=C(/O)c4ccc(Cl)cc4)oc1c23. The minimum atomic E-state index is -0.412. The Morgan fingerprint density at radius 1 is 1.19 bits per heavy atom. The number of furan rings is 1. The van der Waals surface area contributed by atoms with Crippen molar-refractivity contribution < 1.29 is 14.3 Å². The molecule has 0 amide bonds. The highest BCUT2D eigenvalue weighted by Crippen LogP contribution is 2.32. The lowest BCUT2D eigenvalue weighted by molar-refractivity contribution is 0.406. The van der Waals surface area contributed by atoms with Crippen molar-refractivity contribution in [1.82, 2.24) is 4.98 Å². The molecule has 4 aromatic rings. The van der Waals surface area contributed by atoms with Crippen LogP contribution in [0.3, 0.4) is 0 Å². The molecule has 0 saturated heterocycles. The molecule has 0 fully saturated rings. The van der Waals surface area contributed by atoms with Gasteiger partial charge in [-0.05, 0) is 48.2 Å². The smallest absolute Gasteiger partial charge is 0.270 e. The molecule has 2 aromatic heterocycles. The molecule has 0 spiro atoms. The highest BCUT2D eigenvalue weighted by Gasteiger charge is 2.18. The second-order valence-electron chi connectivity index (χ2n) is 5.93. The molecular formula is C20H14ClNO4. The van der Waals surface area contributed by atoms with E-state index in [1.165, 1.54) is 13.2 Å². The summed E-state index contributed by atoms with van der Waals surface area (Å²) in [5.41, 5.74) is 1.70. The molecule has 5 nitrogen and oxygen atoms in total. The van der Waals surface area contributed by atoms with Crippen LogP contribution in [0.5, 0.6) is 5.75 Å². The molecule has 2 heterocycles. The normalized spacial score (nSPS) is 12.6. The van der Waals surface area contributed by atoms with E-state index in [0.29, 0.717) is 32.8 Å². The molecule has 0 aliphatic rings.